The average Bonchev–Trinajstić information content (AvgIpc) is 4.05. The van der Waals surface area contributed by atoms with Crippen LogP contribution in [-0.2, 0) is 38.5 Å². The first-order valence-electron chi connectivity index (χ1n) is 22.8. The van der Waals surface area contributed by atoms with Crippen LogP contribution in [0.5, 0.6) is 0 Å². The van der Waals surface area contributed by atoms with E-state index < -0.39 is 0 Å². The molecule has 3 aromatic heterocycles. The van der Waals surface area contributed by atoms with Gasteiger partial charge in [0.15, 0.2) is 0 Å². The first kappa shape index (κ1) is 40.2. The first-order valence-corrected chi connectivity index (χ1v) is 22.8. The number of fused-ring (bicyclic) bond motifs is 16. The lowest BCUT2D eigenvalue weighted by Gasteiger charge is -2.16. The van der Waals surface area contributed by atoms with Gasteiger partial charge in [0.25, 0.3) is 0 Å². The van der Waals surface area contributed by atoms with E-state index in [4.69, 9.17) is 15.0 Å². The highest BCUT2D eigenvalue weighted by Crippen LogP contribution is 2.46. The van der Waals surface area contributed by atoms with Crippen molar-refractivity contribution in [3.8, 4) is 22.5 Å². The van der Waals surface area contributed by atoms with E-state index in [1.165, 1.54) is 66.7 Å². The molecule has 8 bridgehead atoms. The standard InChI is InChI=1S/C55H58N6/c1-9-34-38(13-5)52-54-40(15-7)36(11-3)48(60-54)30-56-44-27-25-32-21-17-19-23-42(32)50(44)51-43-24-20-18-22-33(43)26-28-45(51)57-31-49-37(12-4)41(16-8)55(61-49)53-39(14-6)35(10-2)47(59-53)29-46(34)58-52/h17-31,58,60-61H,9-16H2,1-8H3/b46-29?,47-29-,48-30?,49-31?,51-50?,54-52?,55-53?,56-30?,56-44?,57-31?,57-45?. The molecule has 0 saturated carbocycles. The van der Waals surface area contributed by atoms with Crippen LogP contribution < -0.4 is 0 Å². The second kappa shape index (κ2) is 16.6. The van der Waals surface area contributed by atoms with Crippen LogP contribution in [0.4, 0.5) is 11.4 Å². The molecular formula is C55H58N6. The highest BCUT2D eigenvalue weighted by atomic mass is 14.9. The summed E-state index contributed by atoms with van der Waals surface area (Å²) in [4.78, 5) is 28.3. The molecule has 6 nitrogen and oxygen atoms in total. The summed E-state index contributed by atoms with van der Waals surface area (Å²) in [7, 11) is 0. The maximum atomic E-state index is 5.57. The van der Waals surface area contributed by atoms with Crippen molar-refractivity contribution < 1.29 is 0 Å². The maximum absolute atomic E-state index is 5.57. The van der Waals surface area contributed by atoms with Crippen molar-refractivity contribution in [2.24, 2.45) is 15.0 Å². The fourth-order valence-electron chi connectivity index (χ4n) is 10.5. The normalized spacial score (nSPS) is 14.6. The van der Waals surface area contributed by atoms with Gasteiger partial charge in [0.2, 0.25) is 0 Å². The number of nitrogens with zero attached hydrogens (tertiary/aromatic N) is 3. The van der Waals surface area contributed by atoms with Crippen LogP contribution in [-0.4, -0.2) is 33.1 Å². The minimum Gasteiger partial charge on any atom is -0.353 e. The Balaban J connectivity index is 1.41. The van der Waals surface area contributed by atoms with Crippen molar-refractivity contribution in [1.29, 1.82) is 0 Å². The smallest absolute Gasteiger partial charge is 0.0910 e. The summed E-state index contributed by atoms with van der Waals surface area (Å²) < 4.78 is 0. The Kier molecular flexibility index (Phi) is 11.0. The molecule has 2 aliphatic heterocycles. The summed E-state index contributed by atoms with van der Waals surface area (Å²) in [5, 5.41) is 4.64. The molecule has 2 aliphatic rings. The lowest BCUT2D eigenvalue weighted by atomic mass is 9.91. The number of aliphatic imine (C=N–C) groups is 3. The number of aromatic amines is 3. The number of allylic oxidation sites excluding steroid dienone is 2. The van der Waals surface area contributed by atoms with Crippen molar-refractivity contribution in [2.75, 3.05) is 0 Å². The Morgan fingerprint density at radius 2 is 0.836 bits per heavy atom. The first-order chi connectivity index (χ1) is 29.9. The van der Waals surface area contributed by atoms with Gasteiger partial charge in [-0.3, -0.25) is 9.98 Å². The molecule has 0 aliphatic carbocycles. The maximum Gasteiger partial charge on any atom is 0.0910 e. The van der Waals surface area contributed by atoms with Gasteiger partial charge in [-0.2, -0.15) is 0 Å². The molecule has 3 N–H and O–H groups in total. The molecule has 0 unspecified atom stereocenters. The molecule has 4 aromatic carbocycles. The van der Waals surface area contributed by atoms with Gasteiger partial charge in [0, 0.05) is 16.8 Å². The molecule has 0 fully saturated rings. The van der Waals surface area contributed by atoms with Crippen LogP contribution in [0.1, 0.15) is 124 Å². The van der Waals surface area contributed by atoms with Gasteiger partial charge in [-0.1, -0.05) is 116 Å². The third-order valence-corrected chi connectivity index (χ3v) is 13.3. The van der Waals surface area contributed by atoms with E-state index in [1.807, 2.05) is 0 Å². The van der Waals surface area contributed by atoms with E-state index in [9.17, 15) is 0 Å². The van der Waals surface area contributed by atoms with Gasteiger partial charge in [-0.15, -0.1) is 0 Å². The largest absolute Gasteiger partial charge is 0.353 e. The lowest BCUT2D eigenvalue weighted by Crippen LogP contribution is -2.06. The van der Waals surface area contributed by atoms with Crippen molar-refractivity contribution in [3.05, 3.63) is 146 Å². The zero-order chi connectivity index (χ0) is 42.4. The van der Waals surface area contributed by atoms with Crippen LogP contribution >= 0.6 is 0 Å². The SMILES string of the molecule is CCC1=C(CC)/C2=C/c3[nH]c(c(CC)c3CC)-c3[nH]c(c(CC)c3CC)C=Nc3ccc4ccccc4c3-c3c(ccc4ccccc34)N=Cc3[nH]c(c(CC)c3CC)C1=N2. The van der Waals surface area contributed by atoms with Crippen LogP contribution in [0, 0.1) is 0 Å². The Bertz CT molecular complexity index is 3000. The summed E-state index contributed by atoms with van der Waals surface area (Å²) in [5.74, 6) is 0. The summed E-state index contributed by atoms with van der Waals surface area (Å²) in [6.45, 7) is 18.2. The van der Waals surface area contributed by atoms with E-state index in [-0.39, 0.29) is 0 Å². The number of hydrogen-bond acceptors (Lipinski definition) is 3. The predicted octanol–water partition coefficient (Wildman–Crippen LogP) is 14.5. The molecule has 308 valence electrons. The van der Waals surface area contributed by atoms with Crippen LogP contribution in [0.15, 0.2) is 105 Å². The topological polar surface area (TPSA) is 84.5 Å². The summed E-state index contributed by atoms with van der Waals surface area (Å²) in [6.07, 6.45) is 13.7. The highest BCUT2D eigenvalue weighted by molar-refractivity contribution is 6.17. The zero-order valence-corrected chi connectivity index (χ0v) is 37.2. The second-order valence-electron chi connectivity index (χ2n) is 16.3. The van der Waals surface area contributed by atoms with E-state index >= 15 is 0 Å². The average molecular weight is 803 g/mol. The quantitative estimate of drug-likeness (QED) is 0.137. The molecule has 6 heteroatoms. The van der Waals surface area contributed by atoms with Gasteiger partial charge in [0.05, 0.1) is 63.7 Å². The van der Waals surface area contributed by atoms with Crippen LogP contribution in [0.2, 0.25) is 0 Å². The van der Waals surface area contributed by atoms with Gasteiger partial charge in [-0.25, -0.2) is 4.99 Å². The van der Waals surface area contributed by atoms with Crippen molar-refractivity contribution >= 4 is 57.1 Å². The van der Waals surface area contributed by atoms with Gasteiger partial charge in [0.1, 0.15) is 0 Å². The Hall–Kier alpha value is -6.27. The van der Waals surface area contributed by atoms with Gasteiger partial charge < -0.3 is 15.0 Å². The van der Waals surface area contributed by atoms with E-state index in [2.05, 4.69) is 162 Å². The number of benzene rings is 4. The van der Waals surface area contributed by atoms with Crippen molar-refractivity contribution in [1.82, 2.24) is 15.0 Å². The highest BCUT2D eigenvalue weighted by Gasteiger charge is 2.29. The third kappa shape index (κ3) is 6.59. The summed E-state index contributed by atoms with van der Waals surface area (Å²) in [6, 6.07) is 26.1. The van der Waals surface area contributed by atoms with E-state index in [0.717, 1.165) is 119 Å². The number of hydrogen-bond donors (Lipinski definition) is 3. The molecule has 7 aromatic rings. The number of nitrogens with one attached hydrogen (secondary N) is 3. The van der Waals surface area contributed by atoms with E-state index in [1.54, 1.807) is 0 Å². The zero-order valence-electron chi connectivity index (χ0n) is 37.2. The van der Waals surface area contributed by atoms with Crippen molar-refractivity contribution in [3.63, 3.8) is 0 Å². The molecule has 0 spiro atoms. The molecule has 5 heterocycles. The monoisotopic (exact) mass is 802 g/mol. The number of rotatable bonds is 8. The predicted molar refractivity (Wildman–Crippen MR) is 261 cm³/mol. The minimum atomic E-state index is 0.889. The van der Waals surface area contributed by atoms with Crippen LogP contribution in [0.3, 0.4) is 0 Å². The molecule has 0 atom stereocenters. The Labute approximate surface area is 360 Å². The minimum absolute atomic E-state index is 0.889. The second-order valence-corrected chi connectivity index (χ2v) is 16.3. The fraction of sp³-hybridized carbons (Fsp3) is 0.291. The molecule has 0 amide bonds. The summed E-state index contributed by atoms with van der Waals surface area (Å²) in [5.41, 5.74) is 23.5. The van der Waals surface area contributed by atoms with Crippen molar-refractivity contribution in [2.45, 2.75) is 107 Å². The number of H-pyrrole nitrogens is 3. The number of aromatic nitrogens is 3. The van der Waals surface area contributed by atoms with E-state index in [0.29, 0.717) is 0 Å². The van der Waals surface area contributed by atoms with Crippen LogP contribution in [0.25, 0.3) is 50.1 Å². The molecule has 61 heavy (non-hydrogen) atoms. The van der Waals surface area contributed by atoms with Gasteiger partial charge >= 0.3 is 0 Å². The summed E-state index contributed by atoms with van der Waals surface area (Å²) >= 11 is 0. The molecule has 0 saturated heterocycles. The molecule has 9 rings (SSSR count). The molecule has 0 radical (unpaired) electrons. The molecular weight excluding hydrogens is 745 g/mol. The Morgan fingerprint density at radius 3 is 1.31 bits per heavy atom. The Morgan fingerprint density at radius 1 is 0.410 bits per heavy atom. The third-order valence-electron chi connectivity index (χ3n) is 13.3. The fourth-order valence-corrected chi connectivity index (χ4v) is 10.5. The lowest BCUT2D eigenvalue weighted by molar-refractivity contribution is 1.04. The van der Waals surface area contributed by atoms with Gasteiger partial charge in [-0.05, 0) is 136 Å².